The zero-order valence-corrected chi connectivity index (χ0v) is 10.4. The Morgan fingerprint density at radius 2 is 1.94 bits per heavy atom. The number of H-pyrrole nitrogens is 1. The first-order valence-corrected chi connectivity index (χ1v) is 5.87. The van der Waals surface area contributed by atoms with Crippen molar-refractivity contribution in [2.24, 2.45) is 0 Å². The maximum Gasteiger partial charge on any atom is 0.119 e. The molecule has 3 heteroatoms. The molecule has 0 aliphatic carbocycles. The number of aromatic nitrogens is 2. The summed E-state index contributed by atoms with van der Waals surface area (Å²) in [7, 11) is 1.68. The molecule has 1 heterocycles. The van der Waals surface area contributed by atoms with Crippen LogP contribution in [0, 0.1) is 6.92 Å². The molecule has 0 aliphatic rings. The minimum atomic E-state index is 0.871. The predicted molar refractivity (Wildman–Crippen MR) is 72.8 cm³/mol. The molecule has 2 aromatic carbocycles. The number of fused-ring (bicyclic) bond motifs is 1. The molecule has 1 N–H and O–H groups in total. The molecule has 0 saturated carbocycles. The second-order valence-corrected chi connectivity index (χ2v) is 4.30. The van der Waals surface area contributed by atoms with E-state index in [4.69, 9.17) is 4.74 Å². The molecule has 1 aromatic heterocycles. The summed E-state index contributed by atoms with van der Waals surface area (Å²) in [4.78, 5) is 0. The summed E-state index contributed by atoms with van der Waals surface area (Å²) in [6.45, 7) is 2.07. The fourth-order valence-corrected chi connectivity index (χ4v) is 2.20. The van der Waals surface area contributed by atoms with Crippen molar-refractivity contribution in [3.8, 4) is 17.0 Å². The molecule has 3 rings (SSSR count). The SMILES string of the molecule is COc1ccc(-c2n[nH]c3ccccc23)c(C)c1. The number of rotatable bonds is 2. The highest BCUT2D eigenvalue weighted by molar-refractivity contribution is 5.93. The molecule has 0 saturated heterocycles. The summed E-state index contributed by atoms with van der Waals surface area (Å²) in [5, 5.41) is 8.62. The van der Waals surface area contributed by atoms with Crippen LogP contribution in [0.15, 0.2) is 42.5 Å². The Labute approximate surface area is 105 Å². The van der Waals surface area contributed by atoms with E-state index < -0.39 is 0 Å². The molecule has 0 atom stereocenters. The van der Waals surface area contributed by atoms with Crippen LogP contribution < -0.4 is 4.74 Å². The second kappa shape index (κ2) is 4.18. The maximum absolute atomic E-state index is 5.23. The standard InChI is InChI=1S/C15H14N2O/c1-10-9-11(18-2)7-8-12(10)15-13-5-3-4-6-14(13)16-17-15/h3-9H,1-2H3,(H,16,17). The van der Waals surface area contributed by atoms with Crippen LogP contribution in [0.5, 0.6) is 5.75 Å². The van der Waals surface area contributed by atoms with Gasteiger partial charge < -0.3 is 4.74 Å². The average Bonchev–Trinajstić information content (AvgIpc) is 2.82. The van der Waals surface area contributed by atoms with Crippen molar-refractivity contribution in [2.75, 3.05) is 7.11 Å². The molecule has 18 heavy (non-hydrogen) atoms. The molecule has 0 radical (unpaired) electrons. The van der Waals surface area contributed by atoms with Gasteiger partial charge in [-0.15, -0.1) is 0 Å². The summed E-state index contributed by atoms with van der Waals surface area (Å²) in [6, 6.07) is 14.2. The van der Waals surface area contributed by atoms with Crippen molar-refractivity contribution in [3.63, 3.8) is 0 Å². The lowest BCUT2D eigenvalue weighted by atomic mass is 10.0. The minimum Gasteiger partial charge on any atom is -0.497 e. The Hall–Kier alpha value is -2.29. The maximum atomic E-state index is 5.23. The first-order valence-electron chi connectivity index (χ1n) is 5.87. The number of hydrogen-bond acceptors (Lipinski definition) is 2. The van der Waals surface area contributed by atoms with Crippen LogP contribution in [0.4, 0.5) is 0 Å². The lowest BCUT2D eigenvalue weighted by Crippen LogP contribution is -1.87. The molecule has 0 aliphatic heterocycles. The average molecular weight is 238 g/mol. The van der Waals surface area contributed by atoms with E-state index in [-0.39, 0.29) is 0 Å². The lowest BCUT2D eigenvalue weighted by Gasteiger charge is -2.06. The fourth-order valence-electron chi connectivity index (χ4n) is 2.20. The summed E-state index contributed by atoms with van der Waals surface area (Å²) in [5.41, 5.74) is 4.34. The topological polar surface area (TPSA) is 37.9 Å². The Morgan fingerprint density at radius 1 is 1.11 bits per heavy atom. The lowest BCUT2D eigenvalue weighted by molar-refractivity contribution is 0.414. The molecule has 0 spiro atoms. The third-order valence-electron chi connectivity index (χ3n) is 3.16. The highest BCUT2D eigenvalue weighted by atomic mass is 16.5. The Kier molecular flexibility index (Phi) is 2.52. The number of aromatic amines is 1. The monoisotopic (exact) mass is 238 g/mol. The third-order valence-corrected chi connectivity index (χ3v) is 3.16. The molecular formula is C15H14N2O. The highest BCUT2D eigenvalue weighted by Gasteiger charge is 2.10. The number of nitrogens with one attached hydrogen (secondary N) is 1. The van der Waals surface area contributed by atoms with E-state index in [9.17, 15) is 0 Å². The highest BCUT2D eigenvalue weighted by Crippen LogP contribution is 2.30. The van der Waals surface area contributed by atoms with Gasteiger partial charge in [-0.05, 0) is 36.8 Å². The summed E-state index contributed by atoms with van der Waals surface area (Å²) in [5.74, 6) is 0.871. The molecule has 90 valence electrons. The quantitative estimate of drug-likeness (QED) is 0.741. The Balaban J connectivity index is 2.20. The van der Waals surface area contributed by atoms with Crippen LogP contribution in [0.3, 0.4) is 0 Å². The van der Waals surface area contributed by atoms with Crippen LogP contribution in [-0.2, 0) is 0 Å². The molecule has 0 fully saturated rings. The van der Waals surface area contributed by atoms with Gasteiger partial charge in [-0.1, -0.05) is 18.2 Å². The zero-order valence-electron chi connectivity index (χ0n) is 10.4. The van der Waals surface area contributed by atoms with Crippen molar-refractivity contribution in [1.82, 2.24) is 10.2 Å². The van der Waals surface area contributed by atoms with E-state index in [1.54, 1.807) is 7.11 Å². The van der Waals surface area contributed by atoms with Crippen molar-refractivity contribution in [2.45, 2.75) is 6.92 Å². The van der Waals surface area contributed by atoms with E-state index in [0.29, 0.717) is 0 Å². The smallest absolute Gasteiger partial charge is 0.119 e. The summed E-state index contributed by atoms with van der Waals surface area (Å²) < 4.78 is 5.23. The number of methoxy groups -OCH3 is 1. The number of hydrogen-bond donors (Lipinski definition) is 1. The van der Waals surface area contributed by atoms with Crippen LogP contribution in [0.2, 0.25) is 0 Å². The Bertz CT molecular complexity index is 701. The van der Waals surface area contributed by atoms with Gasteiger partial charge in [-0.2, -0.15) is 5.10 Å². The van der Waals surface area contributed by atoms with Gasteiger partial charge in [0.15, 0.2) is 0 Å². The molecule has 3 aromatic rings. The molecule has 0 bridgehead atoms. The minimum absolute atomic E-state index is 0.871. The normalized spacial score (nSPS) is 10.8. The molecule has 0 unspecified atom stereocenters. The van der Waals surface area contributed by atoms with Gasteiger partial charge >= 0.3 is 0 Å². The molecule has 0 amide bonds. The van der Waals surface area contributed by atoms with Crippen LogP contribution in [-0.4, -0.2) is 17.3 Å². The first-order chi connectivity index (χ1) is 8.79. The number of para-hydroxylation sites is 1. The number of nitrogens with zero attached hydrogens (tertiary/aromatic N) is 1. The largest absolute Gasteiger partial charge is 0.497 e. The fraction of sp³-hybridized carbons (Fsp3) is 0.133. The van der Waals surface area contributed by atoms with Crippen molar-refractivity contribution in [3.05, 3.63) is 48.0 Å². The Morgan fingerprint density at radius 3 is 2.72 bits per heavy atom. The van der Waals surface area contributed by atoms with Gasteiger partial charge in [0.05, 0.1) is 12.6 Å². The molecular weight excluding hydrogens is 224 g/mol. The van der Waals surface area contributed by atoms with Gasteiger partial charge in [0.25, 0.3) is 0 Å². The van der Waals surface area contributed by atoms with Gasteiger partial charge in [0, 0.05) is 10.9 Å². The third kappa shape index (κ3) is 1.64. The first kappa shape index (κ1) is 10.8. The van der Waals surface area contributed by atoms with E-state index in [1.807, 2.05) is 30.3 Å². The number of aryl methyl sites for hydroxylation is 1. The second-order valence-electron chi connectivity index (χ2n) is 4.30. The van der Waals surface area contributed by atoms with Crippen molar-refractivity contribution in [1.29, 1.82) is 0 Å². The van der Waals surface area contributed by atoms with Gasteiger partial charge in [0.1, 0.15) is 11.4 Å². The van der Waals surface area contributed by atoms with Crippen LogP contribution >= 0.6 is 0 Å². The van der Waals surface area contributed by atoms with E-state index in [1.165, 1.54) is 0 Å². The predicted octanol–water partition coefficient (Wildman–Crippen LogP) is 3.55. The zero-order chi connectivity index (χ0) is 12.5. The summed E-state index contributed by atoms with van der Waals surface area (Å²) in [6.07, 6.45) is 0. The number of benzene rings is 2. The summed E-state index contributed by atoms with van der Waals surface area (Å²) >= 11 is 0. The van der Waals surface area contributed by atoms with Crippen LogP contribution in [0.25, 0.3) is 22.2 Å². The van der Waals surface area contributed by atoms with Gasteiger partial charge in [-0.25, -0.2) is 0 Å². The molecule has 3 nitrogen and oxygen atoms in total. The van der Waals surface area contributed by atoms with Crippen molar-refractivity contribution >= 4 is 10.9 Å². The number of ether oxygens (including phenoxy) is 1. The van der Waals surface area contributed by atoms with E-state index >= 15 is 0 Å². The van der Waals surface area contributed by atoms with Crippen molar-refractivity contribution < 1.29 is 4.74 Å². The van der Waals surface area contributed by atoms with Gasteiger partial charge in [-0.3, -0.25) is 5.10 Å². The van der Waals surface area contributed by atoms with E-state index in [0.717, 1.165) is 33.5 Å². The van der Waals surface area contributed by atoms with Crippen LogP contribution in [0.1, 0.15) is 5.56 Å². The van der Waals surface area contributed by atoms with Gasteiger partial charge in [0.2, 0.25) is 0 Å². The van der Waals surface area contributed by atoms with E-state index in [2.05, 4.69) is 29.3 Å².